The largest absolute Gasteiger partial charge is 0.453 e. The second-order valence-electron chi connectivity index (χ2n) is 14.6. The van der Waals surface area contributed by atoms with Crippen LogP contribution in [0, 0.1) is 0 Å². The molecule has 0 unspecified atom stereocenters. The Kier molecular flexibility index (Phi) is 16.3. The Bertz CT molecular complexity index is 2530. The Morgan fingerprint density at radius 1 is 0.694 bits per heavy atom. The molecule has 2 aliphatic rings. The van der Waals surface area contributed by atoms with E-state index in [2.05, 4.69) is 67.7 Å². The highest BCUT2D eigenvalue weighted by atomic mass is 16.5. The van der Waals surface area contributed by atoms with Gasteiger partial charge in [0.2, 0.25) is 22.8 Å². The lowest BCUT2D eigenvalue weighted by atomic mass is 10.1. The van der Waals surface area contributed by atoms with Crippen molar-refractivity contribution in [1.82, 2.24) is 40.4 Å². The van der Waals surface area contributed by atoms with Crippen LogP contribution in [0.25, 0.3) is 55.6 Å². The molecule has 6 aromatic rings. The molecule has 0 aliphatic carbocycles. The zero-order chi connectivity index (χ0) is 44.9. The Balaban J connectivity index is 0.000000848. The summed E-state index contributed by atoms with van der Waals surface area (Å²) in [5, 5.41) is 5.84. The van der Waals surface area contributed by atoms with Crippen LogP contribution < -0.4 is 16.1 Å². The summed E-state index contributed by atoms with van der Waals surface area (Å²) in [6.07, 6.45) is 7.54. The van der Waals surface area contributed by atoms with Crippen LogP contribution in [0.3, 0.4) is 0 Å². The van der Waals surface area contributed by atoms with E-state index in [1.807, 2.05) is 38.1 Å². The van der Waals surface area contributed by atoms with Gasteiger partial charge in [-0.25, -0.2) is 19.6 Å². The van der Waals surface area contributed by atoms with Gasteiger partial charge in [-0.1, -0.05) is 60.5 Å². The molecule has 62 heavy (non-hydrogen) atoms. The number of hydrogen-bond donors (Lipinski definition) is 4. The van der Waals surface area contributed by atoms with Gasteiger partial charge in [0.1, 0.15) is 35.9 Å². The normalized spacial score (nSPS) is 15.5. The number of alkyl carbamates (subject to hydrolysis) is 2. The minimum absolute atomic E-state index is 0.0868. The van der Waals surface area contributed by atoms with E-state index in [1.54, 1.807) is 34.3 Å². The van der Waals surface area contributed by atoms with Gasteiger partial charge in [0.05, 0.1) is 60.9 Å². The summed E-state index contributed by atoms with van der Waals surface area (Å²) < 4.78 is 21.5. The second-order valence-corrected chi connectivity index (χ2v) is 14.6. The molecule has 4 aromatic heterocycles. The number of H-pyrrole nitrogens is 2. The highest BCUT2D eigenvalue weighted by Crippen LogP contribution is 2.36. The van der Waals surface area contributed by atoms with Crippen molar-refractivity contribution in [2.24, 2.45) is 0 Å². The summed E-state index contributed by atoms with van der Waals surface area (Å²) in [7, 11) is 2.48. The van der Waals surface area contributed by atoms with Crippen LogP contribution in [0.1, 0.15) is 104 Å². The van der Waals surface area contributed by atoms with Gasteiger partial charge in [0.15, 0.2) is 5.58 Å². The third-order valence-electron chi connectivity index (χ3n) is 10.0. The average Bonchev–Trinajstić information content (AvgIpc) is 4.15. The van der Waals surface area contributed by atoms with Crippen molar-refractivity contribution in [2.45, 2.75) is 92.2 Å². The summed E-state index contributed by atoms with van der Waals surface area (Å²) in [6, 6.07) is 10.3. The van der Waals surface area contributed by atoms with Crippen LogP contribution in [-0.4, -0.2) is 94.1 Å². The number of nitrogens with one attached hydrogen (secondary N) is 4. The molecule has 0 radical (unpaired) electrons. The summed E-state index contributed by atoms with van der Waals surface area (Å²) in [5.41, 5.74) is 3.78. The monoisotopic (exact) mass is 854 g/mol. The van der Waals surface area contributed by atoms with Gasteiger partial charge in [-0.05, 0) is 56.0 Å². The molecular weight excluding hydrogens is 797 g/mol. The topological polar surface area (TPSA) is 218 Å². The third-order valence-corrected chi connectivity index (χ3v) is 10.0. The minimum atomic E-state index is -0.676. The molecule has 4 N–H and O–H groups in total. The SMILES string of the molecule is CC.CCC.CCC.COC(=O)NCC(=O)N1CCC[C@H]1c1ncc(-c2ccc3c(c2)oc2c(=O)c4cc(-c5cnc([C@@H]6CCCN6C(=O)CNC(=O)OC)[nH]5)ccc4oc23)[nH]1. The van der Waals surface area contributed by atoms with E-state index in [0.717, 1.165) is 24.8 Å². The molecule has 2 fully saturated rings. The number of amides is 4. The number of methoxy groups -OCH3 is 2. The van der Waals surface area contributed by atoms with E-state index in [1.165, 1.54) is 27.1 Å². The number of imidazole rings is 2. The fraction of sp³-hybridized carbons (Fsp3) is 0.444. The number of ether oxygens (including phenoxy) is 2. The standard InChI is InChI=1S/C37H36N8O9.2C3H8.C2H6/c1-51-36(49)40-17-29(46)44-11-3-5-25(44)34-38-15-23(42-34)19-8-10-27-22(13-19)31(48)33-32(53-27)21-9-7-20(14-28(21)54-33)24-16-39-35(43-24)26-6-4-12-45(26)30(47)18-41-37(50)52-2;2*1-3-2;1-2/h7-10,13-16,25-26H,3-6,11-12,17-18H2,1-2H3,(H,38,42)(H,39,43)(H,40,49)(H,41,50);2*3H2,1-2H3;1-2H3/t25-,26-;;;/m0.../s1. The molecule has 2 aromatic carbocycles. The van der Waals surface area contributed by atoms with Crippen LogP contribution in [0.2, 0.25) is 0 Å². The molecule has 0 bridgehead atoms. The number of rotatable bonds is 8. The van der Waals surface area contributed by atoms with Gasteiger partial charge in [-0.3, -0.25) is 14.4 Å². The lowest BCUT2D eigenvalue weighted by Crippen LogP contribution is -2.40. The van der Waals surface area contributed by atoms with Crippen molar-refractivity contribution >= 4 is 57.1 Å². The van der Waals surface area contributed by atoms with Crippen molar-refractivity contribution < 1.29 is 37.5 Å². The minimum Gasteiger partial charge on any atom is -0.453 e. The molecule has 6 heterocycles. The number of benzene rings is 2. The highest BCUT2D eigenvalue weighted by Gasteiger charge is 2.33. The number of carbonyl (C=O) groups excluding carboxylic acids is 4. The third kappa shape index (κ3) is 10.3. The van der Waals surface area contributed by atoms with Crippen molar-refractivity contribution in [3.05, 3.63) is 70.7 Å². The first kappa shape index (κ1) is 46.4. The Morgan fingerprint density at radius 2 is 1.16 bits per heavy atom. The van der Waals surface area contributed by atoms with Crippen molar-refractivity contribution in [3.8, 4) is 22.5 Å². The second kappa shape index (κ2) is 21.7. The summed E-state index contributed by atoms with van der Waals surface area (Å²) in [4.78, 5) is 81.6. The molecule has 2 atom stereocenters. The van der Waals surface area contributed by atoms with Gasteiger partial charge in [-0.2, -0.15) is 0 Å². The van der Waals surface area contributed by atoms with Gasteiger partial charge >= 0.3 is 12.2 Å². The number of carbonyl (C=O) groups is 4. The molecular formula is C45H58N8O9. The van der Waals surface area contributed by atoms with E-state index in [0.29, 0.717) is 75.6 Å². The van der Waals surface area contributed by atoms with Crippen LogP contribution in [0.5, 0.6) is 0 Å². The van der Waals surface area contributed by atoms with Crippen LogP contribution in [-0.2, 0) is 19.1 Å². The molecule has 4 amide bonds. The maximum atomic E-state index is 13.9. The van der Waals surface area contributed by atoms with Gasteiger partial charge in [0, 0.05) is 24.2 Å². The fourth-order valence-corrected chi connectivity index (χ4v) is 7.33. The van der Waals surface area contributed by atoms with Crippen LogP contribution in [0.15, 0.2) is 62.4 Å². The number of aromatic nitrogens is 4. The number of nitrogens with zero attached hydrogens (tertiary/aromatic N) is 4. The van der Waals surface area contributed by atoms with Crippen molar-refractivity contribution in [1.29, 1.82) is 0 Å². The number of furan rings is 1. The molecule has 8 rings (SSSR count). The molecule has 17 nitrogen and oxygen atoms in total. The lowest BCUT2D eigenvalue weighted by Gasteiger charge is -2.23. The molecule has 0 spiro atoms. The maximum Gasteiger partial charge on any atom is 0.407 e. The number of hydrogen-bond acceptors (Lipinski definition) is 11. The van der Waals surface area contributed by atoms with Crippen molar-refractivity contribution in [3.63, 3.8) is 0 Å². The zero-order valence-corrected chi connectivity index (χ0v) is 36.8. The molecule has 17 heteroatoms. The first-order valence-electron chi connectivity index (χ1n) is 21.3. The first-order chi connectivity index (χ1) is 30.0. The van der Waals surface area contributed by atoms with E-state index >= 15 is 0 Å². The van der Waals surface area contributed by atoms with Crippen molar-refractivity contribution in [2.75, 3.05) is 40.4 Å². The van der Waals surface area contributed by atoms with E-state index in [-0.39, 0.29) is 48.0 Å². The number of aromatic amines is 2. The predicted octanol–water partition coefficient (Wildman–Crippen LogP) is 8.37. The number of likely N-dealkylation sites (tertiary alicyclic amines) is 2. The summed E-state index contributed by atoms with van der Waals surface area (Å²) >= 11 is 0. The Labute approximate surface area is 359 Å². The fourth-order valence-electron chi connectivity index (χ4n) is 7.33. The lowest BCUT2D eigenvalue weighted by molar-refractivity contribution is -0.132. The van der Waals surface area contributed by atoms with Gasteiger partial charge in [0.25, 0.3) is 0 Å². The summed E-state index contributed by atoms with van der Waals surface area (Å²) in [6.45, 7) is 13.2. The molecule has 2 saturated heterocycles. The summed E-state index contributed by atoms with van der Waals surface area (Å²) in [5.74, 6) is 0.768. The predicted molar refractivity (Wildman–Crippen MR) is 236 cm³/mol. The van der Waals surface area contributed by atoms with E-state index in [4.69, 9.17) is 8.83 Å². The highest BCUT2D eigenvalue weighted by molar-refractivity contribution is 6.05. The zero-order valence-electron chi connectivity index (χ0n) is 36.8. The molecule has 332 valence electrons. The Morgan fingerprint density at radius 3 is 1.66 bits per heavy atom. The smallest absolute Gasteiger partial charge is 0.407 e. The quantitative estimate of drug-likeness (QED) is 0.114. The van der Waals surface area contributed by atoms with E-state index < -0.39 is 12.2 Å². The maximum absolute atomic E-state index is 13.9. The van der Waals surface area contributed by atoms with Gasteiger partial charge in [-0.15, -0.1) is 0 Å². The number of fused-ring (bicyclic) bond motifs is 4. The van der Waals surface area contributed by atoms with Gasteiger partial charge < -0.3 is 48.7 Å². The molecule has 2 aliphatic heterocycles. The van der Waals surface area contributed by atoms with Crippen LogP contribution in [0.4, 0.5) is 9.59 Å². The van der Waals surface area contributed by atoms with Crippen LogP contribution >= 0.6 is 0 Å². The van der Waals surface area contributed by atoms with E-state index in [9.17, 15) is 24.0 Å². The average molecular weight is 855 g/mol. The molecule has 0 saturated carbocycles. The Hall–Kier alpha value is -6.65. The first-order valence-corrected chi connectivity index (χ1v) is 21.3.